The summed E-state index contributed by atoms with van der Waals surface area (Å²) < 4.78 is 0. The first-order valence-corrected chi connectivity index (χ1v) is 4.63. The number of hydrogen-bond donors (Lipinski definition) is 0. The minimum absolute atomic E-state index is 0. The molecule has 2 fully saturated rings. The Kier molecular flexibility index (Phi) is 16.0. The summed E-state index contributed by atoms with van der Waals surface area (Å²) in [6.45, 7) is 0. The van der Waals surface area contributed by atoms with E-state index in [1.807, 2.05) is 0 Å². The van der Waals surface area contributed by atoms with Gasteiger partial charge in [0.2, 0.25) is 0 Å². The van der Waals surface area contributed by atoms with E-state index in [-0.39, 0.29) is 40.0 Å². The Labute approximate surface area is 104 Å². The third-order valence-corrected chi connectivity index (χ3v) is 2.13. The van der Waals surface area contributed by atoms with E-state index in [4.69, 9.17) is 0 Å². The average molecular weight is 243 g/mol. The molecule has 2 saturated carbocycles. The van der Waals surface area contributed by atoms with Crippen LogP contribution in [-0.4, -0.2) is 23.1 Å². The van der Waals surface area contributed by atoms with Crippen LogP contribution in [0.25, 0.3) is 0 Å². The summed E-state index contributed by atoms with van der Waals surface area (Å²) >= 11 is 0. The molecule has 0 bridgehead atoms. The Balaban J connectivity index is 0. The molecule has 0 unspecified atom stereocenters. The van der Waals surface area contributed by atoms with Gasteiger partial charge in [-0.15, -0.1) is 17.0 Å². The van der Waals surface area contributed by atoms with Gasteiger partial charge in [0.25, 0.3) is 0 Å². The maximum Gasteiger partial charge on any atom is 2.00 e. The van der Waals surface area contributed by atoms with E-state index in [0.717, 1.165) is 0 Å². The van der Waals surface area contributed by atoms with E-state index < -0.39 is 0 Å². The van der Waals surface area contributed by atoms with Gasteiger partial charge in [0.05, 0.1) is 0 Å². The maximum absolute atomic E-state index is 2.36. The minimum Gasteiger partial charge on any atom is -0.328 e. The fourth-order valence-corrected chi connectivity index (χ4v) is 1.44. The molecule has 0 aliphatic heterocycles. The zero-order valence-electron chi connectivity index (χ0n) is 7.93. The van der Waals surface area contributed by atoms with Gasteiger partial charge in [-0.05, 0) is 0 Å². The third kappa shape index (κ3) is 9.34. The Morgan fingerprint density at radius 1 is 0.583 bits per heavy atom. The zero-order chi connectivity index (χ0) is 7.07. The van der Waals surface area contributed by atoms with Crippen LogP contribution in [0, 0.1) is 12.8 Å². The summed E-state index contributed by atoms with van der Waals surface area (Å²) in [5.74, 6) is 0. The van der Waals surface area contributed by atoms with Crippen LogP contribution >= 0.6 is 17.0 Å². The van der Waals surface area contributed by atoms with Crippen LogP contribution in [0.5, 0.6) is 0 Å². The summed E-state index contributed by atoms with van der Waals surface area (Å²) in [4.78, 5) is 0. The summed E-state index contributed by atoms with van der Waals surface area (Å²) in [7, 11) is 0. The summed E-state index contributed by atoms with van der Waals surface area (Å²) in [5.41, 5.74) is 0. The van der Waals surface area contributed by atoms with E-state index in [2.05, 4.69) is 12.8 Å². The molecule has 2 rings (SSSR count). The molecule has 2 aliphatic rings. The van der Waals surface area contributed by atoms with Gasteiger partial charge in [-0.2, -0.15) is 25.7 Å². The predicted octanol–water partition coefficient (Wildman–Crippen LogP) is 3.73. The predicted molar refractivity (Wildman–Crippen MR) is 61.6 cm³/mol. The molecule has 0 aromatic heterocycles. The number of rotatable bonds is 0. The van der Waals surface area contributed by atoms with Crippen LogP contribution < -0.4 is 0 Å². The largest absolute Gasteiger partial charge is 2.00 e. The van der Waals surface area contributed by atoms with Crippen LogP contribution in [0.3, 0.4) is 0 Å². The molecule has 0 atom stereocenters. The van der Waals surface area contributed by atoms with Crippen LogP contribution in [0.15, 0.2) is 0 Å². The van der Waals surface area contributed by atoms with E-state index in [0.29, 0.717) is 0 Å². The van der Waals surface area contributed by atoms with Crippen molar-refractivity contribution in [1.82, 2.24) is 0 Å². The van der Waals surface area contributed by atoms with Gasteiger partial charge in [0.15, 0.2) is 0 Å². The standard InChI is InChI=1S/2C5H9.BrH.Mg/c2*1-2-4-5-3-1;;/h2*1H,2-5H2;1H;/q2*-1;;+2. The number of hydrogen-bond acceptors (Lipinski definition) is 0. The van der Waals surface area contributed by atoms with Crippen molar-refractivity contribution in [3.05, 3.63) is 12.8 Å². The smallest absolute Gasteiger partial charge is 0.328 e. The monoisotopic (exact) mass is 242 g/mol. The molecular formula is C10H19BrMg. The molecule has 0 aromatic rings. The molecule has 2 heteroatoms. The fourth-order valence-electron chi connectivity index (χ4n) is 1.44. The second-order valence-corrected chi connectivity index (χ2v) is 3.15. The molecule has 0 aromatic carbocycles. The number of halogens is 1. The molecule has 0 amide bonds. The Hall–Kier alpha value is 1.25. The van der Waals surface area contributed by atoms with Gasteiger partial charge in [0.1, 0.15) is 0 Å². The van der Waals surface area contributed by atoms with Crippen molar-refractivity contribution in [2.24, 2.45) is 0 Å². The zero-order valence-corrected chi connectivity index (χ0v) is 11.1. The van der Waals surface area contributed by atoms with Gasteiger partial charge in [-0.25, -0.2) is 0 Å². The molecule has 68 valence electrons. The molecule has 0 N–H and O–H groups in total. The Morgan fingerprint density at radius 3 is 0.917 bits per heavy atom. The minimum atomic E-state index is 0. The van der Waals surface area contributed by atoms with Crippen molar-refractivity contribution in [3.8, 4) is 0 Å². The van der Waals surface area contributed by atoms with Crippen molar-refractivity contribution in [1.29, 1.82) is 0 Å². The normalized spacial score (nSPS) is 20.0. The molecule has 2 aliphatic carbocycles. The third-order valence-electron chi connectivity index (χ3n) is 2.13. The first-order valence-electron chi connectivity index (χ1n) is 4.63. The van der Waals surface area contributed by atoms with E-state index in [9.17, 15) is 0 Å². The van der Waals surface area contributed by atoms with Crippen LogP contribution in [0.2, 0.25) is 0 Å². The van der Waals surface area contributed by atoms with Gasteiger partial charge in [0, 0.05) is 0 Å². The second kappa shape index (κ2) is 12.2. The molecule has 0 spiro atoms. The summed E-state index contributed by atoms with van der Waals surface area (Å²) in [6.07, 6.45) is 16.0. The van der Waals surface area contributed by atoms with Crippen LogP contribution in [-0.2, 0) is 0 Å². The Morgan fingerprint density at radius 2 is 0.833 bits per heavy atom. The first kappa shape index (κ1) is 15.7. The molecule has 0 heterocycles. The van der Waals surface area contributed by atoms with Gasteiger partial charge < -0.3 is 12.8 Å². The van der Waals surface area contributed by atoms with Crippen molar-refractivity contribution in [2.75, 3.05) is 0 Å². The van der Waals surface area contributed by atoms with Gasteiger partial charge in [-0.3, -0.25) is 0 Å². The van der Waals surface area contributed by atoms with Crippen LogP contribution in [0.1, 0.15) is 51.4 Å². The SMILES string of the molecule is Br.[CH-]1CCCC1.[CH-]1CCCC1.[Mg+2]. The van der Waals surface area contributed by atoms with Crippen molar-refractivity contribution in [3.63, 3.8) is 0 Å². The first-order chi connectivity index (χ1) is 5.00. The average Bonchev–Trinajstić information content (AvgIpc) is 2.67. The quantitative estimate of drug-likeness (QED) is 0.449. The molecule has 0 saturated heterocycles. The summed E-state index contributed by atoms with van der Waals surface area (Å²) in [6, 6.07) is 0. The summed E-state index contributed by atoms with van der Waals surface area (Å²) in [5, 5.41) is 0. The topological polar surface area (TPSA) is 0 Å². The van der Waals surface area contributed by atoms with E-state index in [1.54, 1.807) is 0 Å². The van der Waals surface area contributed by atoms with Gasteiger partial charge in [-0.1, -0.05) is 25.7 Å². The molecule has 0 nitrogen and oxygen atoms in total. The molecule has 12 heavy (non-hydrogen) atoms. The fraction of sp³-hybridized carbons (Fsp3) is 0.800. The van der Waals surface area contributed by atoms with Crippen molar-refractivity contribution < 1.29 is 0 Å². The Bertz CT molecular complexity index is 43.0. The maximum atomic E-state index is 2.36. The van der Waals surface area contributed by atoms with Crippen LogP contribution in [0.4, 0.5) is 0 Å². The van der Waals surface area contributed by atoms with Crippen molar-refractivity contribution in [2.45, 2.75) is 51.4 Å². The molecule has 0 radical (unpaired) electrons. The second-order valence-electron chi connectivity index (χ2n) is 3.15. The van der Waals surface area contributed by atoms with Gasteiger partial charge >= 0.3 is 23.1 Å². The molecular weight excluding hydrogens is 224 g/mol. The van der Waals surface area contributed by atoms with E-state index >= 15 is 0 Å². The van der Waals surface area contributed by atoms with E-state index in [1.165, 1.54) is 51.4 Å². The van der Waals surface area contributed by atoms with Crippen molar-refractivity contribution >= 4 is 40.0 Å².